The van der Waals surface area contributed by atoms with Crippen LogP contribution in [0.2, 0.25) is 0 Å². The van der Waals surface area contributed by atoms with Gasteiger partial charge in [-0.25, -0.2) is 0 Å². The average Bonchev–Trinajstić information content (AvgIpc) is 3.15. The molecular weight excluding hydrogens is 338 g/mol. The van der Waals surface area contributed by atoms with Crippen LogP contribution in [0.5, 0.6) is 0 Å². The maximum absolute atomic E-state index is 12.6. The first-order valence-corrected chi connectivity index (χ1v) is 9.68. The zero-order valence-corrected chi connectivity index (χ0v) is 15.5. The number of anilines is 2. The predicted octanol–water partition coefficient (Wildman–Crippen LogP) is 2.70. The van der Waals surface area contributed by atoms with E-state index in [2.05, 4.69) is 17.0 Å². The van der Waals surface area contributed by atoms with Gasteiger partial charge in [0.15, 0.2) is 0 Å². The molecule has 2 aromatic rings. The van der Waals surface area contributed by atoms with Crippen LogP contribution < -0.4 is 9.80 Å². The van der Waals surface area contributed by atoms with Crippen molar-refractivity contribution in [3.8, 4) is 0 Å². The molecule has 0 spiro atoms. The van der Waals surface area contributed by atoms with Gasteiger partial charge in [-0.05, 0) is 36.2 Å². The highest BCUT2D eigenvalue weighted by molar-refractivity contribution is 5.95. The summed E-state index contributed by atoms with van der Waals surface area (Å²) in [7, 11) is 0. The Balaban J connectivity index is 1.31. The fraction of sp³-hybridized carbons (Fsp3) is 0.364. The topological polar surface area (TPSA) is 43.9 Å². The Kier molecular flexibility index (Phi) is 5.10. The number of carbonyl (C=O) groups excluding carboxylic acids is 2. The highest BCUT2D eigenvalue weighted by atomic mass is 16.2. The second-order valence-corrected chi connectivity index (χ2v) is 7.20. The summed E-state index contributed by atoms with van der Waals surface area (Å²) in [6.07, 6.45) is 1.97. The molecule has 140 valence electrons. The quantitative estimate of drug-likeness (QED) is 0.839. The summed E-state index contributed by atoms with van der Waals surface area (Å²) in [4.78, 5) is 30.6. The number of amides is 2. The molecule has 0 unspecified atom stereocenters. The monoisotopic (exact) mass is 363 g/mol. The predicted molar refractivity (Wildman–Crippen MR) is 107 cm³/mol. The van der Waals surface area contributed by atoms with Crippen LogP contribution in [-0.2, 0) is 16.0 Å². The molecule has 0 aromatic heterocycles. The van der Waals surface area contributed by atoms with E-state index in [1.807, 2.05) is 52.3 Å². The van der Waals surface area contributed by atoms with E-state index in [0.29, 0.717) is 12.8 Å². The minimum absolute atomic E-state index is 0.174. The van der Waals surface area contributed by atoms with Crippen LogP contribution in [0, 0.1) is 0 Å². The third-order valence-electron chi connectivity index (χ3n) is 5.43. The minimum atomic E-state index is 0.174. The molecular formula is C22H25N3O2. The Bertz CT molecular complexity index is 796. The van der Waals surface area contributed by atoms with Crippen molar-refractivity contribution >= 4 is 23.2 Å². The van der Waals surface area contributed by atoms with Gasteiger partial charge in [-0.1, -0.05) is 30.3 Å². The van der Waals surface area contributed by atoms with Crippen molar-refractivity contribution in [3.63, 3.8) is 0 Å². The molecule has 0 radical (unpaired) electrons. The lowest BCUT2D eigenvalue weighted by Gasteiger charge is -2.36. The first-order valence-electron chi connectivity index (χ1n) is 9.68. The van der Waals surface area contributed by atoms with Crippen LogP contribution in [0.15, 0.2) is 54.6 Å². The van der Waals surface area contributed by atoms with Gasteiger partial charge in [-0.3, -0.25) is 9.59 Å². The van der Waals surface area contributed by atoms with Gasteiger partial charge in [0.05, 0.1) is 6.42 Å². The lowest BCUT2D eigenvalue weighted by molar-refractivity contribution is -0.130. The number of benzene rings is 2. The molecule has 0 aliphatic carbocycles. The molecule has 27 heavy (non-hydrogen) atoms. The van der Waals surface area contributed by atoms with Crippen molar-refractivity contribution in [1.82, 2.24) is 4.90 Å². The molecule has 2 aliphatic rings. The zero-order valence-electron chi connectivity index (χ0n) is 15.5. The SMILES string of the molecule is O=C(Cc1ccc(N2CCCC2=O)cc1)N1CCN(c2ccccc2)CC1. The van der Waals surface area contributed by atoms with E-state index in [1.165, 1.54) is 5.69 Å². The fourth-order valence-electron chi connectivity index (χ4n) is 3.85. The van der Waals surface area contributed by atoms with Gasteiger partial charge in [0.1, 0.15) is 0 Å². The highest BCUT2D eigenvalue weighted by Gasteiger charge is 2.23. The molecule has 2 fully saturated rings. The van der Waals surface area contributed by atoms with E-state index in [9.17, 15) is 9.59 Å². The van der Waals surface area contributed by atoms with Crippen molar-refractivity contribution in [2.24, 2.45) is 0 Å². The summed E-state index contributed by atoms with van der Waals surface area (Å²) in [6, 6.07) is 18.2. The van der Waals surface area contributed by atoms with Gasteiger partial charge in [-0.2, -0.15) is 0 Å². The van der Waals surface area contributed by atoms with Gasteiger partial charge in [0.2, 0.25) is 11.8 Å². The maximum atomic E-state index is 12.6. The summed E-state index contributed by atoms with van der Waals surface area (Å²) < 4.78 is 0. The normalized spacial score (nSPS) is 17.5. The molecule has 2 aromatic carbocycles. The average molecular weight is 363 g/mol. The first kappa shape index (κ1) is 17.6. The molecule has 2 aliphatic heterocycles. The molecule has 0 atom stereocenters. The third kappa shape index (κ3) is 3.97. The third-order valence-corrected chi connectivity index (χ3v) is 5.43. The van der Waals surface area contributed by atoms with Crippen molar-refractivity contribution in [2.45, 2.75) is 19.3 Å². The van der Waals surface area contributed by atoms with Crippen molar-refractivity contribution < 1.29 is 9.59 Å². The maximum Gasteiger partial charge on any atom is 0.227 e. The Morgan fingerprint density at radius 1 is 0.815 bits per heavy atom. The first-order chi connectivity index (χ1) is 13.2. The molecule has 0 saturated carbocycles. The molecule has 2 heterocycles. The number of nitrogens with zero attached hydrogens (tertiary/aromatic N) is 3. The lowest BCUT2D eigenvalue weighted by atomic mass is 10.1. The summed E-state index contributed by atoms with van der Waals surface area (Å²) in [5, 5.41) is 0. The van der Waals surface area contributed by atoms with Crippen LogP contribution in [0.3, 0.4) is 0 Å². The van der Waals surface area contributed by atoms with Gasteiger partial charge >= 0.3 is 0 Å². The number of carbonyl (C=O) groups is 2. The summed E-state index contributed by atoms with van der Waals surface area (Å²) in [5.41, 5.74) is 3.16. The second-order valence-electron chi connectivity index (χ2n) is 7.20. The molecule has 2 saturated heterocycles. The summed E-state index contributed by atoms with van der Waals surface area (Å²) in [5.74, 6) is 0.364. The molecule has 0 bridgehead atoms. The van der Waals surface area contributed by atoms with E-state index in [-0.39, 0.29) is 11.8 Å². The molecule has 2 amide bonds. The second kappa shape index (κ2) is 7.82. The number of hydrogen-bond donors (Lipinski definition) is 0. The van der Waals surface area contributed by atoms with Crippen LogP contribution in [0.1, 0.15) is 18.4 Å². The number of para-hydroxylation sites is 1. The van der Waals surface area contributed by atoms with Crippen molar-refractivity contribution in [3.05, 3.63) is 60.2 Å². The van der Waals surface area contributed by atoms with Gasteiger partial charge in [-0.15, -0.1) is 0 Å². The van der Waals surface area contributed by atoms with Crippen molar-refractivity contribution in [2.75, 3.05) is 42.5 Å². The zero-order chi connectivity index (χ0) is 18.6. The molecule has 5 heteroatoms. The Morgan fingerprint density at radius 2 is 1.52 bits per heavy atom. The molecule has 4 rings (SSSR count). The Morgan fingerprint density at radius 3 is 2.15 bits per heavy atom. The fourth-order valence-corrected chi connectivity index (χ4v) is 3.85. The smallest absolute Gasteiger partial charge is 0.227 e. The van der Waals surface area contributed by atoms with E-state index < -0.39 is 0 Å². The number of piperazine rings is 1. The van der Waals surface area contributed by atoms with Crippen molar-refractivity contribution in [1.29, 1.82) is 0 Å². The highest BCUT2D eigenvalue weighted by Crippen LogP contribution is 2.22. The Hall–Kier alpha value is -2.82. The van der Waals surface area contributed by atoms with Crippen LogP contribution in [0.25, 0.3) is 0 Å². The standard InChI is InChI=1S/C22H25N3O2/c26-21-7-4-12-25(21)20-10-8-18(9-11-20)17-22(27)24-15-13-23(14-16-24)19-5-2-1-3-6-19/h1-3,5-6,8-11H,4,7,12-17H2. The summed E-state index contributed by atoms with van der Waals surface area (Å²) >= 11 is 0. The van der Waals surface area contributed by atoms with Crippen LogP contribution in [0.4, 0.5) is 11.4 Å². The number of rotatable bonds is 4. The molecule has 0 N–H and O–H groups in total. The molecule has 5 nitrogen and oxygen atoms in total. The lowest BCUT2D eigenvalue weighted by Crippen LogP contribution is -2.49. The van der Waals surface area contributed by atoms with E-state index >= 15 is 0 Å². The van der Waals surface area contributed by atoms with E-state index in [4.69, 9.17) is 0 Å². The van der Waals surface area contributed by atoms with E-state index in [0.717, 1.165) is 50.4 Å². The van der Waals surface area contributed by atoms with Gasteiger partial charge in [0, 0.05) is 50.5 Å². The summed E-state index contributed by atoms with van der Waals surface area (Å²) in [6.45, 7) is 4.04. The van der Waals surface area contributed by atoms with Crippen LogP contribution in [-0.4, -0.2) is 49.4 Å². The van der Waals surface area contributed by atoms with Gasteiger partial charge < -0.3 is 14.7 Å². The number of hydrogen-bond acceptors (Lipinski definition) is 3. The van der Waals surface area contributed by atoms with Crippen LogP contribution >= 0.6 is 0 Å². The Labute approximate surface area is 160 Å². The van der Waals surface area contributed by atoms with E-state index in [1.54, 1.807) is 0 Å². The largest absolute Gasteiger partial charge is 0.368 e. The van der Waals surface area contributed by atoms with Gasteiger partial charge in [0.25, 0.3) is 0 Å². The minimum Gasteiger partial charge on any atom is -0.368 e.